The van der Waals surface area contributed by atoms with Gasteiger partial charge in [-0.2, -0.15) is 0 Å². The van der Waals surface area contributed by atoms with Crippen LogP contribution >= 0.6 is 0 Å². The van der Waals surface area contributed by atoms with Crippen molar-refractivity contribution < 1.29 is 9.13 Å². The number of aryl methyl sites for hydroxylation is 1. The molecule has 1 heterocycles. The van der Waals surface area contributed by atoms with E-state index in [-0.39, 0.29) is 11.9 Å². The zero-order valence-corrected chi connectivity index (χ0v) is 11.1. The van der Waals surface area contributed by atoms with Crippen molar-refractivity contribution in [2.45, 2.75) is 13.0 Å². The highest BCUT2D eigenvalue weighted by molar-refractivity contribution is 5.35. The van der Waals surface area contributed by atoms with Crippen LogP contribution in [0.2, 0.25) is 0 Å². The van der Waals surface area contributed by atoms with Gasteiger partial charge in [-0.3, -0.25) is 0 Å². The Bertz CT molecular complexity index is 574. The van der Waals surface area contributed by atoms with E-state index in [1.54, 1.807) is 19.2 Å². The summed E-state index contributed by atoms with van der Waals surface area (Å²) in [5, 5.41) is 3.14. The van der Waals surface area contributed by atoms with E-state index < -0.39 is 0 Å². The first-order chi connectivity index (χ1) is 9.15. The number of benzene rings is 1. The molecule has 0 saturated heterocycles. The fourth-order valence-electron chi connectivity index (χ4n) is 2.01. The Morgan fingerprint density at radius 1 is 1.26 bits per heavy atom. The highest BCUT2D eigenvalue weighted by atomic mass is 19.1. The third-order valence-electron chi connectivity index (χ3n) is 3.01. The van der Waals surface area contributed by atoms with Gasteiger partial charge in [0.2, 0.25) is 5.88 Å². The smallest absolute Gasteiger partial charge is 0.216 e. The van der Waals surface area contributed by atoms with Gasteiger partial charge in [0, 0.05) is 6.07 Å². The molecule has 0 saturated carbocycles. The van der Waals surface area contributed by atoms with Crippen molar-refractivity contribution in [3.63, 3.8) is 0 Å². The fourth-order valence-corrected chi connectivity index (χ4v) is 2.01. The summed E-state index contributed by atoms with van der Waals surface area (Å²) in [6.07, 6.45) is 1.44. The van der Waals surface area contributed by atoms with E-state index in [0.717, 1.165) is 16.8 Å². The SMILES string of the molecule is CNC(c1cc(OC)ncn1)c1cc(F)ccc1C. The van der Waals surface area contributed by atoms with E-state index in [4.69, 9.17) is 4.74 Å². The molecule has 1 unspecified atom stereocenters. The molecule has 2 aromatic rings. The van der Waals surface area contributed by atoms with Crippen molar-refractivity contribution in [2.24, 2.45) is 0 Å². The van der Waals surface area contributed by atoms with E-state index in [1.807, 2.05) is 14.0 Å². The first kappa shape index (κ1) is 13.4. The van der Waals surface area contributed by atoms with Crippen LogP contribution in [0.4, 0.5) is 4.39 Å². The van der Waals surface area contributed by atoms with Gasteiger partial charge in [-0.05, 0) is 37.2 Å². The Morgan fingerprint density at radius 3 is 2.74 bits per heavy atom. The lowest BCUT2D eigenvalue weighted by atomic mass is 9.98. The van der Waals surface area contributed by atoms with Crippen LogP contribution in [0.5, 0.6) is 5.88 Å². The van der Waals surface area contributed by atoms with Crippen LogP contribution in [0.15, 0.2) is 30.6 Å². The van der Waals surface area contributed by atoms with Crippen molar-refractivity contribution >= 4 is 0 Å². The number of rotatable bonds is 4. The number of hydrogen-bond donors (Lipinski definition) is 1. The van der Waals surface area contributed by atoms with E-state index in [9.17, 15) is 4.39 Å². The van der Waals surface area contributed by atoms with Crippen LogP contribution in [0, 0.1) is 12.7 Å². The van der Waals surface area contributed by atoms with Crippen LogP contribution < -0.4 is 10.1 Å². The summed E-state index contributed by atoms with van der Waals surface area (Å²) in [5.74, 6) is 0.223. The minimum atomic E-state index is -0.262. The number of ether oxygens (including phenoxy) is 1. The van der Waals surface area contributed by atoms with Crippen LogP contribution in [0.1, 0.15) is 22.9 Å². The van der Waals surface area contributed by atoms with Gasteiger partial charge < -0.3 is 10.1 Å². The maximum absolute atomic E-state index is 13.4. The normalized spacial score (nSPS) is 12.2. The summed E-state index contributed by atoms with van der Waals surface area (Å²) < 4.78 is 18.5. The largest absolute Gasteiger partial charge is 0.481 e. The lowest BCUT2D eigenvalue weighted by Crippen LogP contribution is -2.20. The first-order valence-electron chi connectivity index (χ1n) is 5.95. The average Bonchev–Trinajstić information content (AvgIpc) is 2.44. The topological polar surface area (TPSA) is 47.0 Å². The van der Waals surface area contributed by atoms with Gasteiger partial charge in [-0.1, -0.05) is 6.07 Å². The zero-order valence-electron chi connectivity index (χ0n) is 11.1. The molecule has 1 atom stereocenters. The molecule has 0 aliphatic heterocycles. The quantitative estimate of drug-likeness (QED) is 0.917. The summed E-state index contributed by atoms with van der Waals surface area (Å²) in [5.41, 5.74) is 2.59. The van der Waals surface area contributed by atoms with E-state index in [0.29, 0.717) is 5.88 Å². The number of aromatic nitrogens is 2. The molecule has 0 aliphatic carbocycles. The molecule has 0 spiro atoms. The van der Waals surface area contributed by atoms with Crippen molar-refractivity contribution in [2.75, 3.05) is 14.2 Å². The molecule has 1 N–H and O–H groups in total. The Labute approximate surface area is 111 Å². The van der Waals surface area contributed by atoms with Crippen LogP contribution in [0.3, 0.4) is 0 Å². The second-order valence-corrected chi connectivity index (χ2v) is 4.21. The van der Waals surface area contributed by atoms with Crippen LogP contribution in [-0.4, -0.2) is 24.1 Å². The fraction of sp³-hybridized carbons (Fsp3) is 0.286. The van der Waals surface area contributed by atoms with Crippen LogP contribution in [-0.2, 0) is 0 Å². The van der Waals surface area contributed by atoms with Gasteiger partial charge in [0.15, 0.2) is 0 Å². The summed E-state index contributed by atoms with van der Waals surface area (Å²) in [6.45, 7) is 1.94. The lowest BCUT2D eigenvalue weighted by Gasteiger charge is -2.18. The Kier molecular flexibility index (Phi) is 4.06. The van der Waals surface area contributed by atoms with E-state index >= 15 is 0 Å². The Morgan fingerprint density at radius 2 is 2.05 bits per heavy atom. The molecule has 4 nitrogen and oxygen atoms in total. The molecule has 5 heteroatoms. The molecule has 0 fully saturated rings. The van der Waals surface area contributed by atoms with Gasteiger partial charge >= 0.3 is 0 Å². The maximum Gasteiger partial charge on any atom is 0.216 e. The average molecular weight is 261 g/mol. The summed E-state index contributed by atoms with van der Waals surface area (Å²) in [7, 11) is 3.36. The molecule has 0 radical (unpaired) electrons. The number of halogens is 1. The molecule has 100 valence electrons. The number of nitrogens with one attached hydrogen (secondary N) is 1. The zero-order chi connectivity index (χ0) is 13.8. The van der Waals surface area contributed by atoms with Crippen LogP contribution in [0.25, 0.3) is 0 Å². The van der Waals surface area contributed by atoms with E-state index in [1.165, 1.54) is 18.5 Å². The van der Waals surface area contributed by atoms with Gasteiger partial charge in [0.1, 0.15) is 12.1 Å². The van der Waals surface area contributed by atoms with E-state index in [2.05, 4.69) is 15.3 Å². The molecule has 0 bridgehead atoms. The predicted molar refractivity (Wildman–Crippen MR) is 70.6 cm³/mol. The maximum atomic E-state index is 13.4. The van der Waals surface area contributed by atoms with Crippen molar-refractivity contribution in [1.29, 1.82) is 0 Å². The lowest BCUT2D eigenvalue weighted by molar-refractivity contribution is 0.395. The minimum absolute atomic E-state index is 0.201. The highest BCUT2D eigenvalue weighted by Gasteiger charge is 2.17. The third kappa shape index (κ3) is 2.88. The standard InChI is InChI=1S/C14H16FN3O/c1-9-4-5-10(15)6-11(9)14(16-2)12-7-13(19-3)18-8-17-12/h4-8,14,16H,1-3H3. The van der Waals surface area contributed by atoms with Crippen molar-refractivity contribution in [3.05, 3.63) is 53.2 Å². The number of methoxy groups -OCH3 is 1. The molecular formula is C14H16FN3O. The van der Waals surface area contributed by atoms with Gasteiger partial charge in [-0.15, -0.1) is 0 Å². The second kappa shape index (κ2) is 5.75. The number of hydrogen-bond acceptors (Lipinski definition) is 4. The van der Waals surface area contributed by atoms with Gasteiger partial charge in [0.25, 0.3) is 0 Å². The monoisotopic (exact) mass is 261 g/mol. The Balaban J connectivity index is 2.46. The third-order valence-corrected chi connectivity index (χ3v) is 3.01. The highest BCUT2D eigenvalue weighted by Crippen LogP contribution is 2.25. The first-order valence-corrected chi connectivity index (χ1v) is 5.95. The summed E-state index contributed by atoms with van der Waals surface area (Å²) in [4.78, 5) is 8.20. The molecule has 0 amide bonds. The Hall–Kier alpha value is -2.01. The number of nitrogens with zero attached hydrogens (tertiary/aromatic N) is 2. The van der Waals surface area contributed by atoms with Gasteiger partial charge in [-0.25, -0.2) is 14.4 Å². The molecule has 1 aromatic heterocycles. The predicted octanol–water partition coefficient (Wildman–Crippen LogP) is 2.24. The molecule has 2 rings (SSSR count). The minimum Gasteiger partial charge on any atom is -0.481 e. The summed E-state index contributed by atoms with van der Waals surface area (Å²) >= 11 is 0. The van der Waals surface area contributed by atoms with Gasteiger partial charge in [0.05, 0.1) is 18.8 Å². The molecule has 19 heavy (non-hydrogen) atoms. The summed E-state index contributed by atoms with van der Waals surface area (Å²) in [6, 6.07) is 6.27. The molecule has 0 aliphatic rings. The van der Waals surface area contributed by atoms with Crippen molar-refractivity contribution in [3.8, 4) is 5.88 Å². The molecule has 1 aromatic carbocycles. The van der Waals surface area contributed by atoms with Crippen molar-refractivity contribution in [1.82, 2.24) is 15.3 Å². The second-order valence-electron chi connectivity index (χ2n) is 4.21. The molecular weight excluding hydrogens is 245 g/mol.